The summed E-state index contributed by atoms with van der Waals surface area (Å²) in [5.74, 6) is 0.131. The Hall–Kier alpha value is -0.130. The van der Waals surface area contributed by atoms with E-state index in [1.54, 1.807) is 11.8 Å². The lowest BCUT2D eigenvalue weighted by Crippen LogP contribution is -3.00. The molecule has 0 spiro atoms. The molecule has 0 atom stereocenters. The van der Waals surface area contributed by atoms with E-state index in [1.165, 1.54) is 0 Å². The van der Waals surface area contributed by atoms with Gasteiger partial charge in [-0.3, -0.25) is 4.58 Å². The number of nitrogens with zero attached hydrogens (tertiary/aromatic N) is 2. The molecule has 0 saturated carbocycles. The molecular weight excluding hydrogens is 255 g/mol. The van der Waals surface area contributed by atoms with Crippen molar-refractivity contribution in [2.45, 2.75) is 13.3 Å². The minimum atomic E-state index is 0. The summed E-state index contributed by atoms with van der Waals surface area (Å²) >= 11 is 0. The van der Waals surface area contributed by atoms with E-state index in [0.717, 1.165) is 19.5 Å². The van der Waals surface area contributed by atoms with Crippen LogP contribution >= 0.6 is 0 Å². The molecule has 1 amide bonds. The number of carbonyl (C=O) groups excluding carboxylic acids is 1. The minimum Gasteiger partial charge on any atom is -1.00 e. The number of hydrogen-bond donors (Lipinski definition) is 0. The zero-order chi connectivity index (χ0) is 7.56. The van der Waals surface area contributed by atoms with Gasteiger partial charge in [-0.25, -0.2) is 9.69 Å². The third-order valence-corrected chi connectivity index (χ3v) is 1.65. The van der Waals surface area contributed by atoms with Crippen LogP contribution in [0.25, 0.3) is 0 Å². The van der Waals surface area contributed by atoms with E-state index in [-0.39, 0.29) is 29.9 Å². The molecule has 0 aromatic rings. The Kier molecular flexibility index (Phi) is 4.63. The monoisotopic (exact) mass is 268 g/mol. The van der Waals surface area contributed by atoms with Gasteiger partial charge in [0.15, 0.2) is 0 Å². The predicted molar refractivity (Wildman–Crippen MR) is 39.1 cm³/mol. The molecule has 3 nitrogen and oxygen atoms in total. The highest BCUT2D eigenvalue weighted by atomic mass is 127. The lowest BCUT2D eigenvalue weighted by Gasteiger charge is -2.14. The maximum absolute atomic E-state index is 10.8. The molecular formula is C7H13IN2O. The number of hydrogen-bond acceptors (Lipinski definition) is 1. The largest absolute Gasteiger partial charge is 1.00 e. The molecule has 0 saturated heterocycles. The van der Waals surface area contributed by atoms with Crippen LogP contribution in [0.3, 0.4) is 0 Å². The second-order valence-corrected chi connectivity index (χ2v) is 2.66. The second kappa shape index (κ2) is 4.69. The molecule has 0 radical (unpaired) electrons. The molecule has 64 valence electrons. The van der Waals surface area contributed by atoms with Crippen molar-refractivity contribution < 1.29 is 33.3 Å². The lowest BCUT2D eigenvalue weighted by molar-refractivity contribution is -0.502. The number of carbonyl (C=O) groups is 1. The fraction of sp³-hybridized carbons (Fsp3) is 0.714. The van der Waals surface area contributed by atoms with Crippen LogP contribution in [0.4, 0.5) is 0 Å². The third-order valence-electron chi connectivity index (χ3n) is 1.65. The van der Waals surface area contributed by atoms with E-state index in [0.29, 0.717) is 0 Å². The molecule has 0 aromatic carbocycles. The van der Waals surface area contributed by atoms with E-state index in [2.05, 4.69) is 0 Å². The number of rotatable bonds is 0. The van der Waals surface area contributed by atoms with Crippen molar-refractivity contribution in [3.8, 4) is 0 Å². The van der Waals surface area contributed by atoms with Gasteiger partial charge in [-0.2, -0.15) is 0 Å². The Labute approximate surface area is 84.1 Å². The minimum absolute atomic E-state index is 0. The van der Waals surface area contributed by atoms with Gasteiger partial charge in [-0.1, -0.05) is 0 Å². The summed E-state index contributed by atoms with van der Waals surface area (Å²) in [5.41, 5.74) is 0. The molecule has 1 rings (SSSR count). The van der Waals surface area contributed by atoms with Gasteiger partial charge in [0.25, 0.3) is 0 Å². The summed E-state index contributed by atoms with van der Waals surface area (Å²) in [6.07, 6.45) is 2.94. The Bertz CT molecular complexity index is 179. The average molecular weight is 268 g/mol. The predicted octanol–water partition coefficient (Wildman–Crippen LogP) is -3.09. The van der Waals surface area contributed by atoms with Crippen LogP contribution in [0.2, 0.25) is 0 Å². The summed E-state index contributed by atoms with van der Waals surface area (Å²) in [7, 11) is 1.98. The smallest absolute Gasteiger partial charge is 0.306 e. The van der Waals surface area contributed by atoms with E-state index in [4.69, 9.17) is 0 Å². The maximum atomic E-state index is 10.8. The fourth-order valence-electron chi connectivity index (χ4n) is 1.08. The standard InChI is InChI=1S/C7H13N2O.HI/c1-7(10)9-5-3-4-8(2)6-9;/h6H,3-5H2,1-2H3;1H/q+1;/p-1. The first-order valence-corrected chi connectivity index (χ1v) is 3.52. The van der Waals surface area contributed by atoms with Crippen molar-refractivity contribution in [3.63, 3.8) is 0 Å². The van der Waals surface area contributed by atoms with E-state index < -0.39 is 0 Å². The van der Waals surface area contributed by atoms with Crippen molar-refractivity contribution in [2.75, 3.05) is 20.1 Å². The normalized spacial score (nSPS) is 16.9. The molecule has 0 unspecified atom stereocenters. The molecule has 0 N–H and O–H groups in total. The maximum Gasteiger partial charge on any atom is 0.306 e. The van der Waals surface area contributed by atoms with Crippen molar-refractivity contribution in [1.29, 1.82) is 0 Å². The average Bonchev–Trinajstić information content (AvgIpc) is 1.88. The lowest BCUT2D eigenvalue weighted by atomic mass is 10.3. The molecule has 0 aromatic heterocycles. The van der Waals surface area contributed by atoms with Gasteiger partial charge in [0.1, 0.15) is 0 Å². The summed E-state index contributed by atoms with van der Waals surface area (Å²) in [6, 6.07) is 0. The van der Waals surface area contributed by atoms with E-state index in [9.17, 15) is 4.79 Å². The van der Waals surface area contributed by atoms with Crippen molar-refractivity contribution in [1.82, 2.24) is 4.90 Å². The highest BCUT2D eigenvalue weighted by molar-refractivity contribution is 5.84. The number of halogens is 1. The summed E-state index contributed by atoms with van der Waals surface area (Å²) in [6.45, 7) is 3.53. The summed E-state index contributed by atoms with van der Waals surface area (Å²) in [5, 5.41) is 0. The van der Waals surface area contributed by atoms with Gasteiger partial charge in [0, 0.05) is 13.3 Å². The van der Waals surface area contributed by atoms with Crippen LogP contribution in [0, 0.1) is 0 Å². The van der Waals surface area contributed by atoms with Gasteiger partial charge < -0.3 is 24.0 Å². The fourth-order valence-corrected chi connectivity index (χ4v) is 1.08. The van der Waals surface area contributed by atoms with Crippen LogP contribution in [-0.4, -0.2) is 41.9 Å². The van der Waals surface area contributed by atoms with Crippen LogP contribution in [0.5, 0.6) is 0 Å². The molecule has 4 heteroatoms. The van der Waals surface area contributed by atoms with Gasteiger partial charge in [-0.15, -0.1) is 0 Å². The summed E-state index contributed by atoms with van der Waals surface area (Å²) in [4.78, 5) is 12.6. The molecule has 1 heterocycles. The van der Waals surface area contributed by atoms with Crippen molar-refractivity contribution >= 4 is 12.2 Å². The molecule has 0 aliphatic carbocycles. The first-order valence-electron chi connectivity index (χ1n) is 3.52. The SMILES string of the molecule is CC(=O)N1C=[N+](C)CCC1.[I-]. The van der Waals surface area contributed by atoms with Crippen molar-refractivity contribution in [3.05, 3.63) is 0 Å². The topological polar surface area (TPSA) is 23.3 Å². The van der Waals surface area contributed by atoms with E-state index in [1.807, 2.05) is 18.0 Å². The van der Waals surface area contributed by atoms with Crippen LogP contribution in [-0.2, 0) is 4.79 Å². The Morgan fingerprint density at radius 2 is 2.27 bits per heavy atom. The highest BCUT2D eigenvalue weighted by Crippen LogP contribution is 1.94. The van der Waals surface area contributed by atoms with E-state index >= 15 is 0 Å². The Balaban J connectivity index is 0.000001000. The van der Waals surface area contributed by atoms with Crippen LogP contribution in [0.15, 0.2) is 0 Å². The van der Waals surface area contributed by atoms with Gasteiger partial charge in [-0.05, 0) is 0 Å². The molecule has 0 fully saturated rings. The van der Waals surface area contributed by atoms with Crippen LogP contribution < -0.4 is 24.0 Å². The number of amides is 1. The zero-order valence-electron chi connectivity index (χ0n) is 6.88. The van der Waals surface area contributed by atoms with Gasteiger partial charge in [0.2, 0.25) is 6.34 Å². The highest BCUT2D eigenvalue weighted by Gasteiger charge is 2.17. The first-order chi connectivity index (χ1) is 4.70. The molecule has 1 aliphatic heterocycles. The molecule has 0 bridgehead atoms. The van der Waals surface area contributed by atoms with Gasteiger partial charge >= 0.3 is 5.91 Å². The molecule has 11 heavy (non-hydrogen) atoms. The third kappa shape index (κ3) is 3.18. The zero-order valence-corrected chi connectivity index (χ0v) is 9.04. The van der Waals surface area contributed by atoms with Crippen molar-refractivity contribution in [2.24, 2.45) is 0 Å². The van der Waals surface area contributed by atoms with Gasteiger partial charge in [0.05, 0.1) is 20.1 Å². The summed E-state index contributed by atoms with van der Waals surface area (Å²) < 4.78 is 2.03. The van der Waals surface area contributed by atoms with Crippen LogP contribution in [0.1, 0.15) is 13.3 Å². The Morgan fingerprint density at radius 3 is 2.64 bits per heavy atom. The quantitative estimate of drug-likeness (QED) is 0.337. The molecule has 1 aliphatic rings. The first kappa shape index (κ1) is 10.9. The second-order valence-electron chi connectivity index (χ2n) is 2.66. The Morgan fingerprint density at radius 1 is 1.64 bits per heavy atom.